The van der Waals surface area contributed by atoms with E-state index in [1.165, 1.54) is 27.1 Å². The average molecular weight is 302 g/mol. The molecule has 3 heteroatoms. The fourth-order valence-electron chi connectivity index (χ4n) is 2.80. The Bertz CT molecular complexity index is 794. The minimum absolute atomic E-state index is 0.797. The van der Waals surface area contributed by atoms with Gasteiger partial charge >= 0.3 is 0 Å². The third-order valence-electron chi connectivity index (χ3n) is 3.49. The summed E-state index contributed by atoms with van der Waals surface area (Å²) >= 11 is 8.06. The lowest BCUT2D eigenvalue weighted by Crippen LogP contribution is -1.87. The summed E-state index contributed by atoms with van der Waals surface area (Å²) < 4.78 is 1.08. The van der Waals surface area contributed by atoms with Crippen LogP contribution >= 0.6 is 22.9 Å². The molecule has 0 fully saturated rings. The van der Waals surface area contributed by atoms with Crippen molar-refractivity contribution in [2.24, 2.45) is 0 Å². The highest BCUT2D eigenvalue weighted by Gasteiger charge is 2.13. The summed E-state index contributed by atoms with van der Waals surface area (Å²) in [5.74, 6) is 0. The van der Waals surface area contributed by atoms with Crippen molar-refractivity contribution in [3.63, 3.8) is 0 Å². The van der Waals surface area contributed by atoms with Crippen molar-refractivity contribution < 1.29 is 0 Å². The highest BCUT2D eigenvalue weighted by molar-refractivity contribution is 7.22. The van der Waals surface area contributed by atoms with Gasteiger partial charge in [0.1, 0.15) is 0 Å². The van der Waals surface area contributed by atoms with Crippen molar-refractivity contribution in [3.8, 4) is 10.4 Å². The van der Waals surface area contributed by atoms with Crippen molar-refractivity contribution in [1.82, 2.24) is 4.98 Å². The number of aryl methyl sites for hydroxylation is 4. The van der Waals surface area contributed by atoms with Crippen molar-refractivity contribution in [2.45, 2.75) is 27.7 Å². The number of hydrogen-bond acceptors (Lipinski definition) is 2. The van der Waals surface area contributed by atoms with E-state index in [1.54, 1.807) is 11.3 Å². The van der Waals surface area contributed by atoms with Crippen LogP contribution in [0.25, 0.3) is 20.7 Å². The van der Waals surface area contributed by atoms with E-state index in [1.807, 2.05) is 13.0 Å². The zero-order valence-electron chi connectivity index (χ0n) is 12.0. The van der Waals surface area contributed by atoms with E-state index in [2.05, 4.69) is 44.0 Å². The number of thiophene rings is 1. The van der Waals surface area contributed by atoms with Gasteiger partial charge in [-0.1, -0.05) is 29.3 Å². The number of pyridine rings is 1. The molecule has 0 bridgehead atoms. The monoisotopic (exact) mass is 301 g/mol. The number of fused-ring (bicyclic) bond motifs is 1. The van der Waals surface area contributed by atoms with Crippen LogP contribution < -0.4 is 0 Å². The first-order valence-corrected chi connectivity index (χ1v) is 7.80. The van der Waals surface area contributed by atoms with Crippen molar-refractivity contribution in [3.05, 3.63) is 51.7 Å². The molecule has 2 heterocycles. The maximum absolute atomic E-state index is 6.34. The summed E-state index contributed by atoms with van der Waals surface area (Å²) in [6, 6.07) is 8.54. The van der Waals surface area contributed by atoms with E-state index in [-0.39, 0.29) is 0 Å². The minimum Gasteiger partial charge on any atom is -0.252 e. The molecular formula is C17H16ClNS. The number of hydrogen-bond donors (Lipinski definition) is 0. The fraction of sp³-hybridized carbons (Fsp3) is 0.235. The van der Waals surface area contributed by atoms with Crippen molar-refractivity contribution >= 4 is 33.2 Å². The van der Waals surface area contributed by atoms with Crippen LogP contribution in [0, 0.1) is 27.7 Å². The standard InChI is InChI=1S/C17H16ClNS/c1-9-5-10(2)16(11(3)6-9)15-8-14-17(20-15)13(18)7-12(4)19-14/h5-8H,1-4H3. The Morgan fingerprint density at radius 1 is 0.950 bits per heavy atom. The van der Waals surface area contributed by atoms with Gasteiger partial charge in [0.2, 0.25) is 0 Å². The summed E-state index contributed by atoms with van der Waals surface area (Å²) in [5, 5.41) is 0.797. The number of halogens is 1. The van der Waals surface area contributed by atoms with Crippen LogP contribution in [0.5, 0.6) is 0 Å². The number of aromatic nitrogens is 1. The molecule has 0 aliphatic heterocycles. The molecule has 20 heavy (non-hydrogen) atoms. The van der Waals surface area contributed by atoms with Gasteiger partial charge in [0.15, 0.2) is 0 Å². The minimum atomic E-state index is 0.797. The predicted octanol–water partition coefficient (Wildman–Crippen LogP) is 5.85. The van der Waals surface area contributed by atoms with E-state index >= 15 is 0 Å². The molecular weight excluding hydrogens is 286 g/mol. The Kier molecular flexibility index (Phi) is 3.31. The van der Waals surface area contributed by atoms with Gasteiger partial charge in [-0.2, -0.15) is 0 Å². The number of rotatable bonds is 1. The molecule has 0 aliphatic carbocycles. The molecule has 3 rings (SSSR count). The van der Waals surface area contributed by atoms with Crippen LogP contribution in [0.1, 0.15) is 22.4 Å². The first-order chi connectivity index (χ1) is 9.45. The first kappa shape index (κ1) is 13.6. The third kappa shape index (κ3) is 2.23. The van der Waals surface area contributed by atoms with E-state index < -0.39 is 0 Å². The van der Waals surface area contributed by atoms with Crippen molar-refractivity contribution in [1.29, 1.82) is 0 Å². The Morgan fingerprint density at radius 3 is 2.25 bits per heavy atom. The summed E-state index contributed by atoms with van der Waals surface area (Å²) in [4.78, 5) is 5.83. The molecule has 0 N–H and O–H groups in total. The van der Waals surface area contributed by atoms with Crippen LogP contribution in [0.2, 0.25) is 5.02 Å². The normalized spacial score (nSPS) is 11.2. The molecule has 0 saturated heterocycles. The van der Waals surface area contributed by atoms with Gasteiger partial charge in [0.25, 0.3) is 0 Å². The quantitative estimate of drug-likeness (QED) is 0.549. The van der Waals surface area contributed by atoms with Crippen LogP contribution in [0.4, 0.5) is 0 Å². The number of benzene rings is 1. The molecule has 0 atom stereocenters. The molecule has 0 amide bonds. The second-order valence-electron chi connectivity index (χ2n) is 5.34. The SMILES string of the molecule is Cc1cc(C)c(-c2cc3nc(C)cc(Cl)c3s2)c(C)c1. The third-order valence-corrected chi connectivity index (χ3v) is 5.07. The largest absolute Gasteiger partial charge is 0.252 e. The lowest BCUT2D eigenvalue weighted by atomic mass is 9.99. The lowest BCUT2D eigenvalue weighted by Gasteiger charge is -2.09. The van der Waals surface area contributed by atoms with Crippen LogP contribution in [0.15, 0.2) is 24.3 Å². The summed E-state index contributed by atoms with van der Waals surface area (Å²) in [7, 11) is 0. The van der Waals surface area contributed by atoms with Crippen LogP contribution in [-0.2, 0) is 0 Å². The summed E-state index contributed by atoms with van der Waals surface area (Å²) in [6.45, 7) is 8.45. The molecule has 0 saturated carbocycles. The van der Waals surface area contributed by atoms with Gasteiger partial charge in [-0.3, -0.25) is 4.98 Å². The second-order valence-corrected chi connectivity index (χ2v) is 6.80. The van der Waals surface area contributed by atoms with Gasteiger partial charge in [0, 0.05) is 10.6 Å². The number of nitrogens with zero attached hydrogens (tertiary/aromatic N) is 1. The van der Waals surface area contributed by atoms with Gasteiger partial charge in [-0.15, -0.1) is 11.3 Å². The molecule has 0 spiro atoms. The molecule has 1 nitrogen and oxygen atoms in total. The Labute approximate surface area is 128 Å². The van der Waals surface area contributed by atoms with Gasteiger partial charge in [0.05, 0.1) is 15.2 Å². The Hall–Kier alpha value is -1.38. The maximum atomic E-state index is 6.34. The molecule has 0 aliphatic rings. The predicted molar refractivity (Wildman–Crippen MR) is 89.0 cm³/mol. The first-order valence-electron chi connectivity index (χ1n) is 6.60. The van der Waals surface area contributed by atoms with Gasteiger partial charge in [-0.05, 0) is 56.5 Å². The average Bonchev–Trinajstić information content (AvgIpc) is 2.71. The summed E-state index contributed by atoms with van der Waals surface area (Å²) in [6.07, 6.45) is 0. The lowest BCUT2D eigenvalue weighted by molar-refractivity contribution is 1.26. The topological polar surface area (TPSA) is 12.9 Å². The Balaban J connectivity index is 2.28. The van der Waals surface area contributed by atoms with Crippen LogP contribution in [-0.4, -0.2) is 4.98 Å². The fourth-order valence-corrected chi connectivity index (χ4v) is 4.35. The molecule has 1 aromatic carbocycles. The van der Waals surface area contributed by atoms with Gasteiger partial charge in [-0.25, -0.2) is 0 Å². The smallest absolute Gasteiger partial charge is 0.0834 e. The second kappa shape index (κ2) is 4.87. The van der Waals surface area contributed by atoms with E-state index in [4.69, 9.17) is 11.6 Å². The van der Waals surface area contributed by atoms with E-state index in [0.717, 1.165) is 20.9 Å². The summed E-state index contributed by atoms with van der Waals surface area (Å²) in [5.41, 5.74) is 7.19. The molecule has 2 aromatic heterocycles. The van der Waals surface area contributed by atoms with Crippen molar-refractivity contribution in [2.75, 3.05) is 0 Å². The zero-order chi connectivity index (χ0) is 14.4. The Morgan fingerprint density at radius 2 is 1.60 bits per heavy atom. The molecule has 3 aromatic rings. The highest BCUT2D eigenvalue weighted by atomic mass is 35.5. The molecule has 0 radical (unpaired) electrons. The van der Waals surface area contributed by atoms with E-state index in [0.29, 0.717) is 0 Å². The molecule has 102 valence electrons. The maximum Gasteiger partial charge on any atom is 0.0834 e. The zero-order valence-corrected chi connectivity index (χ0v) is 13.6. The van der Waals surface area contributed by atoms with E-state index in [9.17, 15) is 0 Å². The highest BCUT2D eigenvalue weighted by Crippen LogP contribution is 2.39. The van der Waals surface area contributed by atoms with Gasteiger partial charge < -0.3 is 0 Å². The van der Waals surface area contributed by atoms with Crippen LogP contribution in [0.3, 0.4) is 0 Å². The molecule has 0 unspecified atom stereocenters.